The molecule has 1 rings (SSSR count). The minimum Gasteiger partial charge on any atom is -0.385 e. The van der Waals surface area contributed by atoms with Crippen molar-refractivity contribution in [2.75, 3.05) is 19.8 Å². The average Bonchev–Trinajstić information content (AvgIpc) is 2.63. The lowest BCUT2D eigenvalue weighted by Crippen LogP contribution is -2.37. The monoisotopic (exact) mass is 262 g/mol. The van der Waals surface area contributed by atoms with E-state index in [1.807, 2.05) is 0 Å². The lowest BCUT2D eigenvalue weighted by Gasteiger charge is -2.20. The van der Waals surface area contributed by atoms with Crippen molar-refractivity contribution >= 4 is 0 Å². The van der Waals surface area contributed by atoms with E-state index in [1.54, 1.807) is 0 Å². The molecule has 1 fully saturated rings. The second-order valence-corrected chi connectivity index (χ2v) is 4.67. The van der Waals surface area contributed by atoms with Crippen LogP contribution in [0.4, 0.5) is 0 Å². The van der Waals surface area contributed by atoms with E-state index < -0.39 is 18.5 Å². The Balaban J connectivity index is 2.32. The number of rotatable bonds is 9. The van der Waals surface area contributed by atoms with Gasteiger partial charge in [0.1, 0.15) is 18.3 Å². The Morgan fingerprint density at radius 2 is 1.72 bits per heavy atom. The molecule has 1 heterocycles. The van der Waals surface area contributed by atoms with E-state index in [4.69, 9.17) is 14.2 Å². The number of hydrogen-bond acceptors (Lipinski definition) is 5. The third-order valence-electron chi connectivity index (χ3n) is 3.04. The highest BCUT2D eigenvalue weighted by Crippen LogP contribution is 2.23. The molecule has 0 radical (unpaired) electrons. The van der Waals surface area contributed by atoms with E-state index in [1.165, 1.54) is 0 Å². The molecule has 5 nitrogen and oxygen atoms in total. The van der Waals surface area contributed by atoms with Crippen molar-refractivity contribution in [2.24, 2.45) is 0 Å². The van der Waals surface area contributed by atoms with Gasteiger partial charge in [0.15, 0.2) is 6.29 Å². The van der Waals surface area contributed by atoms with Crippen LogP contribution >= 0.6 is 0 Å². The molecule has 2 unspecified atom stereocenters. The van der Waals surface area contributed by atoms with Gasteiger partial charge in [0.2, 0.25) is 0 Å². The van der Waals surface area contributed by atoms with E-state index >= 15 is 0 Å². The van der Waals surface area contributed by atoms with Crippen LogP contribution in [0.3, 0.4) is 0 Å². The molecule has 18 heavy (non-hydrogen) atoms. The summed E-state index contributed by atoms with van der Waals surface area (Å²) in [4.78, 5) is 0. The van der Waals surface area contributed by atoms with Crippen LogP contribution in [0.2, 0.25) is 0 Å². The van der Waals surface area contributed by atoms with Crippen molar-refractivity contribution in [3.05, 3.63) is 0 Å². The van der Waals surface area contributed by atoms with E-state index in [-0.39, 0.29) is 6.10 Å². The lowest BCUT2D eigenvalue weighted by atomic mass is 10.1. The second-order valence-electron chi connectivity index (χ2n) is 4.67. The Hall–Kier alpha value is -0.200. The van der Waals surface area contributed by atoms with Gasteiger partial charge >= 0.3 is 0 Å². The number of aliphatic hydroxyl groups is 2. The molecule has 5 heteroatoms. The Morgan fingerprint density at radius 3 is 2.39 bits per heavy atom. The summed E-state index contributed by atoms with van der Waals surface area (Å²) in [5.41, 5.74) is 0. The Labute approximate surface area is 109 Å². The van der Waals surface area contributed by atoms with Crippen LogP contribution in [-0.2, 0) is 14.2 Å². The number of ether oxygens (including phenoxy) is 3. The SMILES string of the molecule is CCCCOC[C@H]1O[C@@H](O)C(O)C1OCCCC. The summed E-state index contributed by atoms with van der Waals surface area (Å²) in [6.07, 6.45) is 1.01. The van der Waals surface area contributed by atoms with Crippen LogP contribution in [0, 0.1) is 0 Å². The molecular weight excluding hydrogens is 236 g/mol. The quantitative estimate of drug-likeness (QED) is 0.608. The zero-order valence-electron chi connectivity index (χ0n) is 11.4. The van der Waals surface area contributed by atoms with Crippen molar-refractivity contribution < 1.29 is 24.4 Å². The summed E-state index contributed by atoms with van der Waals surface area (Å²) >= 11 is 0. The summed E-state index contributed by atoms with van der Waals surface area (Å²) in [6, 6.07) is 0. The first-order chi connectivity index (χ1) is 8.70. The smallest absolute Gasteiger partial charge is 0.184 e. The molecule has 1 aliphatic heterocycles. The highest BCUT2D eigenvalue weighted by molar-refractivity contribution is 4.87. The van der Waals surface area contributed by atoms with Gasteiger partial charge in [0.05, 0.1) is 6.61 Å². The van der Waals surface area contributed by atoms with Gasteiger partial charge in [-0.1, -0.05) is 26.7 Å². The van der Waals surface area contributed by atoms with Crippen molar-refractivity contribution in [3.63, 3.8) is 0 Å². The summed E-state index contributed by atoms with van der Waals surface area (Å²) in [5.74, 6) is 0. The van der Waals surface area contributed by atoms with Crippen molar-refractivity contribution in [2.45, 2.75) is 64.1 Å². The first kappa shape index (κ1) is 15.9. The average molecular weight is 262 g/mol. The van der Waals surface area contributed by atoms with Crippen LogP contribution in [0.1, 0.15) is 39.5 Å². The third kappa shape index (κ3) is 4.82. The number of unbranched alkanes of at least 4 members (excludes halogenated alkanes) is 2. The summed E-state index contributed by atoms with van der Waals surface area (Å²) in [6.45, 7) is 5.76. The highest BCUT2D eigenvalue weighted by Gasteiger charge is 2.43. The van der Waals surface area contributed by atoms with E-state index in [2.05, 4.69) is 13.8 Å². The molecule has 1 aliphatic rings. The molecule has 0 aromatic rings. The predicted molar refractivity (Wildman–Crippen MR) is 67.3 cm³/mol. The van der Waals surface area contributed by atoms with Gasteiger partial charge in [-0.25, -0.2) is 0 Å². The van der Waals surface area contributed by atoms with Crippen LogP contribution in [0.5, 0.6) is 0 Å². The fourth-order valence-corrected chi connectivity index (χ4v) is 1.87. The Morgan fingerprint density at radius 1 is 1.06 bits per heavy atom. The highest BCUT2D eigenvalue weighted by atomic mass is 16.7. The molecule has 0 spiro atoms. The minimum atomic E-state index is -1.17. The first-order valence-electron chi connectivity index (χ1n) is 6.91. The predicted octanol–water partition coefficient (Wildman–Crippen LogP) is 1.07. The van der Waals surface area contributed by atoms with Gasteiger partial charge in [0.25, 0.3) is 0 Å². The van der Waals surface area contributed by atoms with Crippen LogP contribution in [0.25, 0.3) is 0 Å². The normalized spacial score (nSPS) is 32.0. The fraction of sp³-hybridized carbons (Fsp3) is 1.00. The zero-order valence-corrected chi connectivity index (χ0v) is 11.4. The topological polar surface area (TPSA) is 68.2 Å². The fourth-order valence-electron chi connectivity index (χ4n) is 1.87. The maximum atomic E-state index is 9.77. The van der Waals surface area contributed by atoms with Gasteiger partial charge in [-0.2, -0.15) is 0 Å². The Kier molecular flexibility index (Phi) is 7.77. The summed E-state index contributed by atoms with van der Waals surface area (Å²) < 4.78 is 16.3. The maximum Gasteiger partial charge on any atom is 0.184 e. The van der Waals surface area contributed by atoms with Crippen LogP contribution < -0.4 is 0 Å². The lowest BCUT2D eigenvalue weighted by molar-refractivity contribution is -0.137. The van der Waals surface area contributed by atoms with E-state index in [0.717, 1.165) is 25.7 Å². The molecule has 0 amide bonds. The van der Waals surface area contributed by atoms with Crippen molar-refractivity contribution in [1.82, 2.24) is 0 Å². The number of hydrogen-bond donors (Lipinski definition) is 2. The molecule has 2 N–H and O–H groups in total. The molecule has 108 valence electrons. The van der Waals surface area contributed by atoms with Gasteiger partial charge < -0.3 is 24.4 Å². The molecule has 0 aromatic heterocycles. The molecule has 1 saturated heterocycles. The van der Waals surface area contributed by atoms with Crippen LogP contribution in [0.15, 0.2) is 0 Å². The van der Waals surface area contributed by atoms with Gasteiger partial charge in [-0.15, -0.1) is 0 Å². The molecule has 0 aliphatic carbocycles. The number of aliphatic hydroxyl groups excluding tert-OH is 2. The molecule has 0 aromatic carbocycles. The molecular formula is C13H26O5. The van der Waals surface area contributed by atoms with Crippen LogP contribution in [-0.4, -0.2) is 54.6 Å². The van der Waals surface area contributed by atoms with Gasteiger partial charge in [0, 0.05) is 13.2 Å². The molecule has 0 bridgehead atoms. The maximum absolute atomic E-state index is 9.77. The first-order valence-corrected chi connectivity index (χ1v) is 6.91. The van der Waals surface area contributed by atoms with Crippen molar-refractivity contribution in [3.8, 4) is 0 Å². The van der Waals surface area contributed by atoms with E-state index in [0.29, 0.717) is 19.8 Å². The second kappa shape index (κ2) is 8.82. The Bertz CT molecular complexity index is 212. The van der Waals surface area contributed by atoms with E-state index in [9.17, 15) is 10.2 Å². The molecule has 0 saturated carbocycles. The van der Waals surface area contributed by atoms with Gasteiger partial charge in [-0.3, -0.25) is 0 Å². The minimum absolute atomic E-state index is 0.352. The standard InChI is InChI=1S/C13H26O5/c1-3-5-7-16-9-10-12(17-8-6-4-2)11(14)13(15)18-10/h10-15H,3-9H2,1-2H3/t10-,11?,12?,13-/m1/s1. The van der Waals surface area contributed by atoms with Crippen molar-refractivity contribution in [1.29, 1.82) is 0 Å². The summed E-state index contributed by atoms with van der Waals surface area (Å²) in [7, 11) is 0. The largest absolute Gasteiger partial charge is 0.385 e. The molecule has 4 atom stereocenters. The zero-order chi connectivity index (χ0) is 13.4. The third-order valence-corrected chi connectivity index (χ3v) is 3.04. The summed E-state index contributed by atoms with van der Waals surface area (Å²) in [5, 5.41) is 19.3. The van der Waals surface area contributed by atoms with Gasteiger partial charge in [-0.05, 0) is 12.8 Å².